The number of hydrogen-bond donors (Lipinski definition) is 5. The van der Waals surface area contributed by atoms with Crippen LogP contribution in [0.2, 0.25) is 0 Å². The minimum Gasteiger partial charge on any atom is -0.508 e. The van der Waals surface area contributed by atoms with Crippen molar-refractivity contribution in [2.24, 2.45) is 34.1 Å². The summed E-state index contributed by atoms with van der Waals surface area (Å²) >= 11 is 0. The van der Waals surface area contributed by atoms with E-state index in [-0.39, 0.29) is 46.9 Å². The van der Waals surface area contributed by atoms with Crippen LogP contribution in [0.5, 0.6) is 17.2 Å². The predicted octanol–water partition coefficient (Wildman–Crippen LogP) is 11.5. The predicted molar refractivity (Wildman–Crippen MR) is 271 cm³/mol. The van der Waals surface area contributed by atoms with Crippen molar-refractivity contribution in [1.29, 1.82) is 0 Å². The Kier molecular flexibility index (Phi) is 14.4. The molecule has 2 saturated carbocycles. The summed E-state index contributed by atoms with van der Waals surface area (Å²) in [5.41, 5.74) is 21.9. The van der Waals surface area contributed by atoms with Gasteiger partial charge in [0.05, 0.1) is 19.2 Å². The third kappa shape index (κ3) is 10.8. The fourth-order valence-corrected chi connectivity index (χ4v) is 14.3. The van der Waals surface area contributed by atoms with E-state index in [2.05, 4.69) is 66.2 Å². The van der Waals surface area contributed by atoms with Crippen molar-refractivity contribution in [3.05, 3.63) is 159 Å². The van der Waals surface area contributed by atoms with Gasteiger partial charge in [0.15, 0.2) is 23.1 Å². The molecule has 5 aromatic rings. The van der Waals surface area contributed by atoms with Gasteiger partial charge in [-0.2, -0.15) is 0 Å². The molecule has 348 valence electrons. The molecule has 0 saturated heterocycles. The highest BCUT2D eigenvalue weighted by molar-refractivity contribution is 8.76. The Morgan fingerprint density at radius 2 is 1.72 bits per heavy atom. The van der Waals surface area contributed by atoms with Crippen LogP contribution in [-0.2, 0) is 36.2 Å². The lowest BCUT2D eigenvalue weighted by Crippen LogP contribution is -2.36. The first-order valence-corrected chi connectivity index (χ1v) is 26.6. The average Bonchev–Trinajstić information content (AvgIpc) is 3.93. The number of carbonyl (C=O) groups is 2. The molecule has 0 spiro atoms. The van der Waals surface area contributed by atoms with E-state index in [0.29, 0.717) is 60.1 Å². The highest BCUT2D eigenvalue weighted by Crippen LogP contribution is 2.64. The third-order valence-electron chi connectivity index (χ3n) is 15.2. The number of rotatable bonds is 6. The standard InChI is InChI=1S/C57H63N3O5S2/c1-37(10-11-38-6-3-2-4-7-38)28-43-18-22-56-24-25-57(43,35-56)23-19-44(61)15-12-39-14-17-52(63)54(30-39)65-27-21-40-13-16-51(62)49(29-40)48-33-53(64)45-20-26-60-50(45)9-5-8-41-31-47(55(58)59)42(32-46(41)48)34-66-67-36-56/h2-4,6-7,13-14,16-17,19-20,23,26,29-32,37,43,48,55,60,62-63H,9-12,15,18,21-22,24-25,27-28,33-36,58-59H2,1H3. The maximum Gasteiger partial charge on any atom is 0.165 e. The van der Waals surface area contributed by atoms with Crippen molar-refractivity contribution < 1.29 is 24.5 Å². The Labute approximate surface area is 403 Å². The number of phenols is 2. The van der Waals surface area contributed by atoms with Gasteiger partial charge in [-0.25, -0.2) is 0 Å². The second-order valence-electron chi connectivity index (χ2n) is 19.8. The molecule has 1 aliphatic heterocycles. The first kappa shape index (κ1) is 46.9. The molecule has 5 atom stereocenters. The number of ether oxygens (including phenoxy) is 1. The summed E-state index contributed by atoms with van der Waals surface area (Å²) in [5.74, 6) is 9.56. The summed E-state index contributed by atoms with van der Waals surface area (Å²) in [6.07, 6.45) is 16.2. The minimum atomic E-state index is -0.736. The zero-order valence-corrected chi connectivity index (χ0v) is 40.2. The number of ketones is 2. The molecule has 9 rings (SSSR count). The summed E-state index contributed by atoms with van der Waals surface area (Å²) in [4.78, 5) is 31.2. The Bertz CT molecular complexity index is 2700. The molecule has 2 heterocycles. The maximum absolute atomic E-state index is 14.3. The van der Waals surface area contributed by atoms with Gasteiger partial charge in [-0.1, -0.05) is 101 Å². The van der Waals surface area contributed by atoms with E-state index in [1.807, 2.05) is 64.1 Å². The molecule has 2 fully saturated rings. The van der Waals surface area contributed by atoms with Gasteiger partial charge in [-0.15, -0.1) is 0 Å². The number of aryl methyl sites for hydroxylation is 2. The number of hydrogen-bond acceptors (Lipinski definition) is 9. The quantitative estimate of drug-likeness (QED) is 0.0636. The Hall–Kier alpha value is -5.18. The van der Waals surface area contributed by atoms with Crippen molar-refractivity contribution in [1.82, 2.24) is 4.98 Å². The second-order valence-corrected chi connectivity index (χ2v) is 22.3. The zero-order valence-electron chi connectivity index (χ0n) is 38.5. The fraction of sp³-hybridized carbons (Fsp3) is 0.404. The molecule has 4 aromatic carbocycles. The lowest BCUT2D eigenvalue weighted by Gasteiger charge is -2.45. The number of aromatic nitrogens is 1. The van der Waals surface area contributed by atoms with Crippen LogP contribution in [0.1, 0.15) is 137 Å². The number of allylic oxidation sites excluding steroid dienone is 2. The first-order valence-electron chi connectivity index (χ1n) is 24.1. The lowest BCUT2D eigenvalue weighted by molar-refractivity contribution is -0.114. The van der Waals surface area contributed by atoms with Crippen molar-refractivity contribution in [3.63, 3.8) is 0 Å². The topological polar surface area (TPSA) is 152 Å². The number of aromatic amines is 1. The monoisotopic (exact) mass is 933 g/mol. The van der Waals surface area contributed by atoms with E-state index in [4.69, 9.17) is 16.2 Å². The second kappa shape index (κ2) is 20.6. The Balaban J connectivity index is 1.05. The number of fused-ring (bicyclic) bond motifs is 7. The van der Waals surface area contributed by atoms with Crippen LogP contribution in [0.15, 0.2) is 103 Å². The molecule has 8 bridgehead atoms. The van der Waals surface area contributed by atoms with Gasteiger partial charge in [-0.05, 0) is 150 Å². The van der Waals surface area contributed by atoms with Gasteiger partial charge in [-0.3, -0.25) is 9.59 Å². The molecule has 67 heavy (non-hydrogen) atoms. The Morgan fingerprint density at radius 3 is 2.55 bits per heavy atom. The van der Waals surface area contributed by atoms with Gasteiger partial charge in [0.25, 0.3) is 0 Å². The van der Waals surface area contributed by atoms with Crippen LogP contribution in [-0.4, -0.2) is 39.1 Å². The summed E-state index contributed by atoms with van der Waals surface area (Å²) < 4.78 is 6.20. The van der Waals surface area contributed by atoms with E-state index < -0.39 is 12.1 Å². The molecule has 3 aliphatic carbocycles. The van der Waals surface area contributed by atoms with Gasteiger partial charge in [0, 0.05) is 65.3 Å². The molecule has 5 unspecified atom stereocenters. The number of benzene rings is 4. The molecule has 7 N–H and O–H groups in total. The SMILES string of the molecule is CC(CCc1ccccc1)CC1CCC23CCC1(C=CC(=O)CCc1ccc(O)c(c1)OCCc1ccc(O)c(c1)C1CC(=O)c4cc[nH]c4CC#Cc4cc(C(N)N)c(cc41)CSSC2)C3. The molecule has 4 aliphatic rings. The van der Waals surface area contributed by atoms with Gasteiger partial charge < -0.3 is 31.4 Å². The van der Waals surface area contributed by atoms with E-state index in [0.717, 1.165) is 89.8 Å². The fourth-order valence-electron chi connectivity index (χ4n) is 11.5. The van der Waals surface area contributed by atoms with E-state index in [1.165, 1.54) is 12.0 Å². The smallest absolute Gasteiger partial charge is 0.165 e. The molecule has 1 aromatic heterocycles. The molecule has 0 radical (unpaired) electrons. The first-order chi connectivity index (χ1) is 32.5. The number of phenolic OH excluding ortho intramolecular Hbond substituents is 2. The number of H-pyrrole nitrogens is 1. The number of carbonyl (C=O) groups excluding carboxylic acids is 2. The van der Waals surface area contributed by atoms with Crippen LogP contribution in [0, 0.1) is 34.5 Å². The molecule has 8 nitrogen and oxygen atoms in total. The van der Waals surface area contributed by atoms with E-state index in [9.17, 15) is 19.8 Å². The van der Waals surface area contributed by atoms with Crippen LogP contribution in [0.4, 0.5) is 0 Å². The largest absolute Gasteiger partial charge is 0.508 e. The third-order valence-corrected chi connectivity index (χ3v) is 17.8. The van der Waals surface area contributed by atoms with E-state index in [1.54, 1.807) is 18.3 Å². The number of nitrogens with two attached hydrogens (primary N) is 2. The van der Waals surface area contributed by atoms with Crippen LogP contribution < -0.4 is 16.2 Å². The van der Waals surface area contributed by atoms with Crippen LogP contribution in [0.3, 0.4) is 0 Å². The van der Waals surface area contributed by atoms with Gasteiger partial charge in [0.2, 0.25) is 0 Å². The molecule has 0 amide bonds. The number of aromatic hydroxyl groups is 2. The maximum atomic E-state index is 14.3. The summed E-state index contributed by atoms with van der Waals surface area (Å²) in [5, 5.41) is 22.5. The van der Waals surface area contributed by atoms with Crippen LogP contribution in [0.25, 0.3) is 0 Å². The lowest BCUT2D eigenvalue weighted by atomic mass is 9.61. The summed E-state index contributed by atoms with van der Waals surface area (Å²) in [6, 6.07) is 27.6. The van der Waals surface area contributed by atoms with Crippen LogP contribution >= 0.6 is 21.6 Å². The minimum absolute atomic E-state index is 0.0182. The summed E-state index contributed by atoms with van der Waals surface area (Å²) in [7, 11) is 3.74. The summed E-state index contributed by atoms with van der Waals surface area (Å²) in [6.45, 7) is 2.67. The molecule has 10 heteroatoms. The van der Waals surface area contributed by atoms with Crippen molar-refractivity contribution in [2.45, 2.75) is 108 Å². The highest BCUT2D eigenvalue weighted by Gasteiger charge is 2.54. The van der Waals surface area contributed by atoms with E-state index >= 15 is 0 Å². The zero-order chi connectivity index (χ0) is 46.5. The Morgan fingerprint density at radius 1 is 0.896 bits per heavy atom. The normalized spacial score (nSPS) is 23.8. The van der Waals surface area contributed by atoms with Crippen molar-refractivity contribution in [3.8, 4) is 29.1 Å². The van der Waals surface area contributed by atoms with Gasteiger partial charge in [0.1, 0.15) is 5.75 Å². The molecular weight excluding hydrogens is 871 g/mol. The van der Waals surface area contributed by atoms with Gasteiger partial charge >= 0.3 is 0 Å². The van der Waals surface area contributed by atoms with Crippen molar-refractivity contribution >= 4 is 33.2 Å². The highest BCUT2D eigenvalue weighted by atomic mass is 33.1. The molecular formula is C57H63N3O5S2. The average molecular weight is 934 g/mol. The van der Waals surface area contributed by atoms with Crippen molar-refractivity contribution in [2.75, 3.05) is 12.4 Å². The number of nitrogens with one attached hydrogen (secondary N) is 1. The number of Topliss-reactive ketones (excluding diaryl/α,β-unsaturated/α-hetero) is 1.